The minimum Gasteiger partial charge on any atom is -0.491 e. The molecule has 2 aromatic rings. The maximum atomic E-state index is 12.1. The first-order valence-corrected chi connectivity index (χ1v) is 7.81. The van der Waals surface area contributed by atoms with Gasteiger partial charge in [0.15, 0.2) is 9.84 Å². The Hall–Kier alpha value is -1.92. The maximum Gasteiger partial charge on any atom is 0.181 e. The fraction of sp³-hybridized carbons (Fsp3) is 0.214. The zero-order valence-corrected chi connectivity index (χ0v) is 11.7. The molecule has 5 nitrogen and oxygen atoms in total. The summed E-state index contributed by atoms with van der Waals surface area (Å²) < 4.78 is 29.5. The van der Waals surface area contributed by atoms with Gasteiger partial charge in [0.1, 0.15) is 12.4 Å². The molecule has 0 fully saturated rings. The van der Waals surface area contributed by atoms with Gasteiger partial charge in [0, 0.05) is 12.7 Å². The number of pyridine rings is 1. The summed E-state index contributed by atoms with van der Waals surface area (Å²) in [4.78, 5) is 4.17. The number of nitrogens with two attached hydrogens (primary N) is 1. The van der Waals surface area contributed by atoms with Crippen LogP contribution in [0.25, 0.3) is 0 Å². The standard InChI is InChI=1S/C14H16N2O3S/c15-10-12-3-5-14(6-4-12)20(17,18)9-8-19-13-2-1-7-16-11-13/h1-7,11H,8-10,15H2. The van der Waals surface area contributed by atoms with Crippen molar-refractivity contribution in [3.63, 3.8) is 0 Å². The molecule has 6 heteroatoms. The number of nitrogens with zero attached hydrogens (tertiary/aromatic N) is 1. The predicted molar refractivity (Wildman–Crippen MR) is 76.1 cm³/mol. The SMILES string of the molecule is NCc1ccc(S(=O)(=O)CCOc2cccnc2)cc1. The second-order valence-electron chi connectivity index (χ2n) is 4.20. The van der Waals surface area contributed by atoms with Crippen LogP contribution < -0.4 is 10.5 Å². The first kappa shape index (κ1) is 14.5. The van der Waals surface area contributed by atoms with Crippen molar-refractivity contribution < 1.29 is 13.2 Å². The van der Waals surface area contributed by atoms with Gasteiger partial charge in [-0.25, -0.2) is 8.42 Å². The minimum atomic E-state index is -3.34. The van der Waals surface area contributed by atoms with Crippen molar-refractivity contribution >= 4 is 9.84 Å². The number of benzene rings is 1. The molecule has 0 aliphatic heterocycles. The average Bonchev–Trinajstić information content (AvgIpc) is 2.48. The van der Waals surface area contributed by atoms with Crippen molar-refractivity contribution in [2.45, 2.75) is 11.4 Å². The van der Waals surface area contributed by atoms with Crippen molar-refractivity contribution in [3.05, 3.63) is 54.4 Å². The average molecular weight is 292 g/mol. The highest BCUT2D eigenvalue weighted by Gasteiger charge is 2.14. The van der Waals surface area contributed by atoms with E-state index in [0.717, 1.165) is 5.56 Å². The second-order valence-corrected chi connectivity index (χ2v) is 6.31. The van der Waals surface area contributed by atoms with E-state index in [1.807, 2.05) is 0 Å². The molecule has 2 N–H and O–H groups in total. The summed E-state index contributed by atoms with van der Waals surface area (Å²) in [6.45, 7) is 0.483. The van der Waals surface area contributed by atoms with E-state index >= 15 is 0 Å². The highest BCUT2D eigenvalue weighted by molar-refractivity contribution is 7.91. The summed E-state index contributed by atoms with van der Waals surface area (Å²) in [6, 6.07) is 10.0. The highest BCUT2D eigenvalue weighted by atomic mass is 32.2. The van der Waals surface area contributed by atoms with E-state index in [-0.39, 0.29) is 17.3 Å². The van der Waals surface area contributed by atoms with Crippen LogP contribution in [0.2, 0.25) is 0 Å². The van der Waals surface area contributed by atoms with Crippen LogP contribution in [0.3, 0.4) is 0 Å². The molecular formula is C14H16N2O3S. The van der Waals surface area contributed by atoms with Crippen molar-refractivity contribution in [1.29, 1.82) is 0 Å². The summed E-state index contributed by atoms with van der Waals surface area (Å²) in [6.07, 6.45) is 3.17. The smallest absolute Gasteiger partial charge is 0.181 e. The Balaban J connectivity index is 1.96. The minimum absolute atomic E-state index is 0.0795. The zero-order valence-electron chi connectivity index (χ0n) is 10.9. The van der Waals surface area contributed by atoms with Crippen molar-refractivity contribution in [3.8, 4) is 5.75 Å². The second kappa shape index (κ2) is 6.49. The van der Waals surface area contributed by atoms with Crippen LogP contribution in [0, 0.1) is 0 Å². The van der Waals surface area contributed by atoms with E-state index in [9.17, 15) is 8.42 Å². The van der Waals surface area contributed by atoms with Crippen LogP contribution in [0.4, 0.5) is 0 Å². The summed E-state index contributed by atoms with van der Waals surface area (Å²) in [5.74, 6) is 0.477. The quantitative estimate of drug-likeness (QED) is 0.870. The van der Waals surface area contributed by atoms with Gasteiger partial charge in [-0.15, -0.1) is 0 Å². The van der Waals surface area contributed by atoms with Crippen LogP contribution in [-0.2, 0) is 16.4 Å². The van der Waals surface area contributed by atoms with Gasteiger partial charge in [-0.2, -0.15) is 0 Å². The lowest BCUT2D eigenvalue weighted by Crippen LogP contribution is -2.14. The Morgan fingerprint density at radius 1 is 1.15 bits per heavy atom. The van der Waals surface area contributed by atoms with E-state index in [4.69, 9.17) is 10.5 Å². The lowest BCUT2D eigenvalue weighted by atomic mass is 10.2. The molecule has 1 heterocycles. The van der Waals surface area contributed by atoms with Gasteiger partial charge in [-0.05, 0) is 29.8 Å². The third-order valence-electron chi connectivity index (χ3n) is 2.77. The maximum absolute atomic E-state index is 12.1. The Labute approximate surface area is 118 Å². The fourth-order valence-electron chi connectivity index (χ4n) is 1.65. The molecule has 1 aromatic carbocycles. The molecule has 0 aliphatic rings. The van der Waals surface area contributed by atoms with Gasteiger partial charge in [0.25, 0.3) is 0 Å². The Morgan fingerprint density at radius 2 is 1.90 bits per heavy atom. The van der Waals surface area contributed by atoms with Gasteiger partial charge in [0.05, 0.1) is 16.8 Å². The van der Waals surface area contributed by atoms with Crippen molar-refractivity contribution in [2.24, 2.45) is 5.73 Å². The van der Waals surface area contributed by atoms with Gasteiger partial charge < -0.3 is 10.5 Å². The normalized spacial score (nSPS) is 11.2. The number of sulfone groups is 1. The topological polar surface area (TPSA) is 82.3 Å². The van der Waals surface area contributed by atoms with Gasteiger partial charge in [0.2, 0.25) is 0 Å². The summed E-state index contributed by atoms with van der Waals surface area (Å²) in [5.41, 5.74) is 6.38. The van der Waals surface area contributed by atoms with Gasteiger partial charge >= 0.3 is 0 Å². The number of hydrogen-bond acceptors (Lipinski definition) is 5. The zero-order chi connectivity index (χ0) is 14.4. The summed E-state index contributed by atoms with van der Waals surface area (Å²) in [7, 11) is -3.34. The predicted octanol–water partition coefficient (Wildman–Crippen LogP) is 1.39. The van der Waals surface area contributed by atoms with Gasteiger partial charge in [-0.3, -0.25) is 4.98 Å². The number of ether oxygens (including phenoxy) is 1. The first-order chi connectivity index (χ1) is 9.62. The molecule has 1 aromatic heterocycles. The molecule has 0 saturated carbocycles. The molecule has 0 radical (unpaired) electrons. The fourth-order valence-corrected chi connectivity index (χ4v) is 2.74. The highest BCUT2D eigenvalue weighted by Crippen LogP contribution is 2.13. The lowest BCUT2D eigenvalue weighted by Gasteiger charge is -2.07. The number of hydrogen-bond donors (Lipinski definition) is 1. The Morgan fingerprint density at radius 3 is 2.50 bits per heavy atom. The largest absolute Gasteiger partial charge is 0.491 e. The molecule has 0 bridgehead atoms. The van der Waals surface area contributed by atoms with E-state index in [0.29, 0.717) is 12.3 Å². The number of aromatic nitrogens is 1. The van der Waals surface area contributed by atoms with Crippen LogP contribution in [0.15, 0.2) is 53.7 Å². The third kappa shape index (κ3) is 3.79. The molecule has 0 saturated heterocycles. The number of rotatable bonds is 6. The third-order valence-corrected chi connectivity index (χ3v) is 4.47. The molecule has 0 unspecified atom stereocenters. The van der Waals surface area contributed by atoms with E-state index < -0.39 is 9.84 Å². The molecule has 106 valence electrons. The lowest BCUT2D eigenvalue weighted by molar-refractivity contribution is 0.339. The summed E-state index contributed by atoms with van der Waals surface area (Å²) in [5, 5.41) is 0. The van der Waals surface area contributed by atoms with Crippen LogP contribution in [-0.4, -0.2) is 25.8 Å². The summed E-state index contributed by atoms with van der Waals surface area (Å²) >= 11 is 0. The molecule has 0 spiro atoms. The molecule has 2 rings (SSSR count). The van der Waals surface area contributed by atoms with E-state index in [1.54, 1.807) is 48.8 Å². The Kier molecular flexibility index (Phi) is 4.70. The molecule has 0 atom stereocenters. The molecule has 0 aliphatic carbocycles. The van der Waals surface area contributed by atoms with Crippen LogP contribution in [0.5, 0.6) is 5.75 Å². The van der Waals surface area contributed by atoms with Gasteiger partial charge in [-0.1, -0.05) is 12.1 Å². The molecular weight excluding hydrogens is 276 g/mol. The molecule has 0 amide bonds. The van der Waals surface area contributed by atoms with E-state index in [1.165, 1.54) is 0 Å². The van der Waals surface area contributed by atoms with Crippen LogP contribution >= 0.6 is 0 Å². The Bertz CT molecular complexity index is 640. The van der Waals surface area contributed by atoms with Crippen LogP contribution in [0.1, 0.15) is 5.56 Å². The first-order valence-electron chi connectivity index (χ1n) is 6.16. The van der Waals surface area contributed by atoms with E-state index in [2.05, 4.69) is 4.98 Å². The van der Waals surface area contributed by atoms with Crippen molar-refractivity contribution in [2.75, 3.05) is 12.4 Å². The molecule has 20 heavy (non-hydrogen) atoms. The van der Waals surface area contributed by atoms with Crippen molar-refractivity contribution in [1.82, 2.24) is 4.98 Å². The monoisotopic (exact) mass is 292 g/mol.